The van der Waals surface area contributed by atoms with Gasteiger partial charge in [0, 0.05) is 11.0 Å². The Morgan fingerprint density at radius 3 is 2.72 bits per heavy atom. The molecule has 1 rings (SSSR count). The zero-order chi connectivity index (χ0) is 13.8. The van der Waals surface area contributed by atoms with Crippen LogP contribution in [-0.2, 0) is 11.2 Å². The molecule has 0 bridgehead atoms. The molecule has 1 aromatic carbocycles. The van der Waals surface area contributed by atoms with Crippen LogP contribution in [0, 0.1) is 12.3 Å². The number of nitrogens with one attached hydrogen (secondary N) is 1. The fraction of sp³-hybridized carbons (Fsp3) is 0.500. The van der Waals surface area contributed by atoms with E-state index in [-0.39, 0.29) is 0 Å². The largest absolute Gasteiger partial charge is 0.481 e. The van der Waals surface area contributed by atoms with Gasteiger partial charge in [-0.1, -0.05) is 22.0 Å². The highest BCUT2D eigenvalue weighted by Crippen LogP contribution is 2.17. The van der Waals surface area contributed by atoms with Gasteiger partial charge >= 0.3 is 5.97 Å². The van der Waals surface area contributed by atoms with E-state index in [0.29, 0.717) is 6.54 Å². The van der Waals surface area contributed by atoms with Crippen LogP contribution in [-0.4, -0.2) is 24.2 Å². The van der Waals surface area contributed by atoms with Crippen LogP contribution in [0.3, 0.4) is 0 Å². The highest BCUT2D eigenvalue weighted by molar-refractivity contribution is 9.10. The van der Waals surface area contributed by atoms with Crippen LogP contribution in [0.2, 0.25) is 0 Å². The summed E-state index contributed by atoms with van der Waals surface area (Å²) in [6, 6.07) is 6.22. The van der Waals surface area contributed by atoms with Gasteiger partial charge in [0.1, 0.15) is 0 Å². The third-order valence-corrected chi connectivity index (χ3v) is 3.52. The smallest absolute Gasteiger partial charge is 0.310 e. The van der Waals surface area contributed by atoms with E-state index in [1.807, 2.05) is 6.07 Å². The Labute approximate surface area is 117 Å². The van der Waals surface area contributed by atoms with Gasteiger partial charge in [0.2, 0.25) is 0 Å². The maximum atomic E-state index is 10.9. The van der Waals surface area contributed by atoms with Gasteiger partial charge < -0.3 is 10.4 Å². The minimum absolute atomic E-state index is 0.482. The third-order valence-electron chi connectivity index (χ3n) is 3.03. The monoisotopic (exact) mass is 313 g/mol. The number of aliphatic carboxylic acids is 1. The van der Waals surface area contributed by atoms with Gasteiger partial charge in [-0.05, 0) is 57.0 Å². The Bertz CT molecular complexity index is 430. The molecular formula is C14H20BrNO2. The molecule has 0 saturated heterocycles. The zero-order valence-electron chi connectivity index (χ0n) is 11.1. The molecule has 0 radical (unpaired) electrons. The van der Waals surface area contributed by atoms with Crippen LogP contribution >= 0.6 is 15.9 Å². The summed E-state index contributed by atoms with van der Waals surface area (Å²) < 4.78 is 1.08. The van der Waals surface area contributed by atoms with Crippen molar-refractivity contribution < 1.29 is 9.90 Å². The predicted molar refractivity (Wildman–Crippen MR) is 76.9 cm³/mol. The van der Waals surface area contributed by atoms with E-state index in [1.54, 1.807) is 13.8 Å². The molecule has 3 nitrogen and oxygen atoms in total. The molecule has 4 heteroatoms. The molecular weight excluding hydrogens is 294 g/mol. The van der Waals surface area contributed by atoms with Crippen molar-refractivity contribution in [3.8, 4) is 0 Å². The van der Waals surface area contributed by atoms with Gasteiger partial charge in [0.15, 0.2) is 0 Å². The standard InChI is InChI=1S/C14H20BrNO2/c1-10-4-5-12(15)8-11(10)6-7-16-9-14(2,3)13(17)18/h4-5,8,16H,6-7,9H2,1-3H3,(H,17,18). The normalized spacial score (nSPS) is 11.6. The molecule has 0 fully saturated rings. The maximum Gasteiger partial charge on any atom is 0.310 e. The van der Waals surface area contributed by atoms with Crippen molar-refractivity contribution in [3.05, 3.63) is 33.8 Å². The molecule has 1 aromatic rings. The van der Waals surface area contributed by atoms with Crippen molar-refractivity contribution in [2.24, 2.45) is 5.41 Å². The molecule has 2 N–H and O–H groups in total. The lowest BCUT2D eigenvalue weighted by Gasteiger charge is -2.19. The van der Waals surface area contributed by atoms with Gasteiger partial charge in [-0.15, -0.1) is 0 Å². The fourth-order valence-corrected chi connectivity index (χ4v) is 2.02. The first-order valence-corrected chi connectivity index (χ1v) is 6.81. The number of carbonyl (C=O) groups is 1. The van der Waals surface area contributed by atoms with E-state index in [1.165, 1.54) is 11.1 Å². The lowest BCUT2D eigenvalue weighted by atomic mass is 9.94. The van der Waals surface area contributed by atoms with Crippen molar-refractivity contribution in [2.45, 2.75) is 27.2 Å². The fourth-order valence-electron chi connectivity index (χ4n) is 1.61. The lowest BCUT2D eigenvalue weighted by molar-refractivity contribution is -0.146. The van der Waals surface area contributed by atoms with Gasteiger partial charge in [0.05, 0.1) is 5.41 Å². The molecule has 0 aliphatic rings. The highest BCUT2D eigenvalue weighted by atomic mass is 79.9. The third kappa shape index (κ3) is 4.42. The predicted octanol–water partition coefficient (Wildman–Crippen LogP) is 3.00. The Balaban J connectivity index is 2.43. The van der Waals surface area contributed by atoms with Crippen molar-refractivity contribution in [2.75, 3.05) is 13.1 Å². The number of carboxylic acid groups (broad SMARTS) is 1. The summed E-state index contributed by atoms with van der Waals surface area (Å²) >= 11 is 3.46. The molecule has 0 heterocycles. The molecule has 0 aliphatic carbocycles. The van der Waals surface area contributed by atoms with Crippen molar-refractivity contribution >= 4 is 21.9 Å². The maximum absolute atomic E-state index is 10.9. The SMILES string of the molecule is Cc1ccc(Br)cc1CCNCC(C)(C)C(=O)O. The first-order chi connectivity index (χ1) is 8.33. The summed E-state index contributed by atoms with van der Waals surface area (Å²) in [7, 11) is 0. The van der Waals surface area contributed by atoms with E-state index in [0.717, 1.165) is 17.4 Å². The van der Waals surface area contributed by atoms with Gasteiger partial charge in [-0.25, -0.2) is 0 Å². The van der Waals surface area contributed by atoms with E-state index in [2.05, 4.69) is 40.3 Å². The Morgan fingerprint density at radius 1 is 1.44 bits per heavy atom. The first kappa shape index (κ1) is 15.2. The van der Waals surface area contributed by atoms with Crippen molar-refractivity contribution in [3.63, 3.8) is 0 Å². The van der Waals surface area contributed by atoms with Crippen LogP contribution in [0.15, 0.2) is 22.7 Å². The van der Waals surface area contributed by atoms with Gasteiger partial charge in [-0.3, -0.25) is 4.79 Å². The number of hydrogen-bond acceptors (Lipinski definition) is 2. The van der Waals surface area contributed by atoms with E-state index < -0.39 is 11.4 Å². The molecule has 0 spiro atoms. The number of halogens is 1. The molecule has 100 valence electrons. The molecule has 18 heavy (non-hydrogen) atoms. The molecule has 0 saturated carbocycles. The van der Waals surface area contributed by atoms with Gasteiger partial charge in [0.25, 0.3) is 0 Å². The summed E-state index contributed by atoms with van der Waals surface area (Å²) in [5.74, 6) is -0.770. The number of rotatable bonds is 6. The minimum Gasteiger partial charge on any atom is -0.481 e. The van der Waals surface area contributed by atoms with Crippen LogP contribution in [0.1, 0.15) is 25.0 Å². The minimum atomic E-state index is -0.770. The van der Waals surface area contributed by atoms with E-state index in [4.69, 9.17) is 5.11 Å². The first-order valence-electron chi connectivity index (χ1n) is 6.02. The zero-order valence-corrected chi connectivity index (χ0v) is 12.7. The summed E-state index contributed by atoms with van der Waals surface area (Å²) in [6.45, 7) is 6.81. The molecule has 0 unspecified atom stereocenters. The summed E-state index contributed by atoms with van der Waals surface area (Å²) in [6.07, 6.45) is 0.904. The Hall–Kier alpha value is -0.870. The van der Waals surface area contributed by atoms with Crippen molar-refractivity contribution in [1.29, 1.82) is 0 Å². The van der Waals surface area contributed by atoms with E-state index in [9.17, 15) is 4.79 Å². The van der Waals surface area contributed by atoms with Crippen LogP contribution in [0.5, 0.6) is 0 Å². The summed E-state index contributed by atoms with van der Waals surface area (Å²) in [5.41, 5.74) is 1.83. The second-order valence-electron chi connectivity index (χ2n) is 5.19. The van der Waals surface area contributed by atoms with Crippen LogP contribution in [0.25, 0.3) is 0 Å². The average Bonchev–Trinajstić information content (AvgIpc) is 2.28. The molecule has 0 amide bonds. The topological polar surface area (TPSA) is 49.3 Å². The number of aryl methyl sites for hydroxylation is 1. The molecule has 0 atom stereocenters. The van der Waals surface area contributed by atoms with E-state index >= 15 is 0 Å². The number of benzene rings is 1. The lowest BCUT2D eigenvalue weighted by Crippen LogP contribution is -2.36. The Morgan fingerprint density at radius 2 is 2.11 bits per heavy atom. The Kier molecular flexibility index (Phi) is 5.35. The van der Waals surface area contributed by atoms with Crippen LogP contribution in [0.4, 0.5) is 0 Å². The van der Waals surface area contributed by atoms with Crippen molar-refractivity contribution in [1.82, 2.24) is 5.32 Å². The van der Waals surface area contributed by atoms with Crippen LogP contribution < -0.4 is 5.32 Å². The quantitative estimate of drug-likeness (QED) is 0.794. The second-order valence-corrected chi connectivity index (χ2v) is 6.10. The van der Waals surface area contributed by atoms with Gasteiger partial charge in [-0.2, -0.15) is 0 Å². The summed E-state index contributed by atoms with van der Waals surface area (Å²) in [5, 5.41) is 12.2. The second kappa shape index (κ2) is 6.34. The molecule has 0 aliphatic heterocycles. The molecule has 0 aromatic heterocycles. The average molecular weight is 314 g/mol. The summed E-state index contributed by atoms with van der Waals surface area (Å²) in [4.78, 5) is 10.9. The number of hydrogen-bond donors (Lipinski definition) is 2. The number of carboxylic acids is 1. The highest BCUT2D eigenvalue weighted by Gasteiger charge is 2.26.